The Morgan fingerprint density at radius 1 is 1.53 bits per heavy atom. The fourth-order valence-corrected chi connectivity index (χ4v) is 2.31. The Morgan fingerprint density at radius 3 is 3.07 bits per heavy atom. The molecule has 0 aliphatic carbocycles. The van der Waals surface area contributed by atoms with E-state index in [-0.39, 0.29) is 11.9 Å². The van der Waals surface area contributed by atoms with Crippen LogP contribution in [0.25, 0.3) is 0 Å². The predicted molar refractivity (Wildman–Crippen MR) is 62.3 cm³/mol. The summed E-state index contributed by atoms with van der Waals surface area (Å²) >= 11 is 3.22. The lowest BCUT2D eigenvalue weighted by atomic mass is 10.0. The maximum atomic E-state index is 13.9. The van der Waals surface area contributed by atoms with Crippen molar-refractivity contribution in [3.63, 3.8) is 0 Å². The molecule has 1 fully saturated rings. The summed E-state index contributed by atoms with van der Waals surface area (Å²) in [5.74, 6) is -0.141. The van der Waals surface area contributed by atoms with Gasteiger partial charge in [-0.05, 0) is 29.0 Å². The van der Waals surface area contributed by atoms with Crippen molar-refractivity contribution in [1.82, 2.24) is 10.2 Å². The first-order valence-electron chi connectivity index (χ1n) is 5.05. The van der Waals surface area contributed by atoms with E-state index in [0.717, 1.165) is 25.2 Å². The number of benzene rings is 1. The fourth-order valence-electron chi connectivity index (χ4n) is 1.93. The molecule has 1 heterocycles. The van der Waals surface area contributed by atoms with E-state index in [1.54, 1.807) is 6.07 Å². The Morgan fingerprint density at radius 2 is 2.33 bits per heavy atom. The first-order valence-corrected chi connectivity index (χ1v) is 5.84. The Kier molecular flexibility index (Phi) is 3.38. The highest BCUT2D eigenvalue weighted by Gasteiger charge is 2.23. The lowest BCUT2D eigenvalue weighted by molar-refractivity contribution is 0.198. The zero-order valence-corrected chi connectivity index (χ0v) is 10.2. The van der Waals surface area contributed by atoms with Crippen molar-refractivity contribution in [2.75, 3.05) is 26.7 Å². The number of halogens is 2. The summed E-state index contributed by atoms with van der Waals surface area (Å²) in [6.07, 6.45) is 0. The summed E-state index contributed by atoms with van der Waals surface area (Å²) in [6, 6.07) is 5.60. The standard InChI is InChI=1S/C11H14BrFN2/c1-15-6-5-14-7-10(15)8-3-2-4-9(12)11(8)13/h2-4,10,14H,5-7H2,1H3. The molecule has 1 atom stereocenters. The van der Waals surface area contributed by atoms with Crippen molar-refractivity contribution in [2.45, 2.75) is 6.04 Å². The van der Waals surface area contributed by atoms with Gasteiger partial charge < -0.3 is 5.32 Å². The molecule has 1 aliphatic heterocycles. The molecule has 4 heteroatoms. The normalized spacial score (nSPS) is 23.0. The summed E-state index contributed by atoms with van der Waals surface area (Å²) in [5.41, 5.74) is 0.763. The number of hydrogen-bond donors (Lipinski definition) is 1. The Bertz CT molecular complexity index is 356. The number of nitrogens with zero attached hydrogens (tertiary/aromatic N) is 1. The highest BCUT2D eigenvalue weighted by Crippen LogP contribution is 2.27. The molecule has 1 aromatic carbocycles. The van der Waals surface area contributed by atoms with E-state index in [1.165, 1.54) is 0 Å². The monoisotopic (exact) mass is 272 g/mol. The lowest BCUT2D eigenvalue weighted by Gasteiger charge is -2.33. The Hall–Kier alpha value is -0.450. The number of hydrogen-bond acceptors (Lipinski definition) is 2. The van der Waals surface area contributed by atoms with E-state index >= 15 is 0 Å². The van der Waals surface area contributed by atoms with Gasteiger partial charge in [-0.15, -0.1) is 0 Å². The van der Waals surface area contributed by atoms with Crippen molar-refractivity contribution in [1.29, 1.82) is 0 Å². The number of piperazine rings is 1. The molecule has 1 N–H and O–H groups in total. The van der Waals surface area contributed by atoms with Crippen LogP contribution in [0.1, 0.15) is 11.6 Å². The van der Waals surface area contributed by atoms with E-state index in [9.17, 15) is 4.39 Å². The second kappa shape index (κ2) is 4.60. The minimum Gasteiger partial charge on any atom is -0.314 e. The van der Waals surface area contributed by atoms with Gasteiger partial charge in [0.25, 0.3) is 0 Å². The largest absolute Gasteiger partial charge is 0.314 e. The summed E-state index contributed by atoms with van der Waals surface area (Å²) in [5, 5.41) is 3.29. The van der Waals surface area contributed by atoms with Gasteiger partial charge in [0.2, 0.25) is 0 Å². The minimum absolute atomic E-state index is 0.135. The first kappa shape index (κ1) is 11.0. The first-order chi connectivity index (χ1) is 7.20. The van der Waals surface area contributed by atoms with Gasteiger partial charge in [0.15, 0.2) is 0 Å². The average molecular weight is 273 g/mol. The summed E-state index contributed by atoms with van der Waals surface area (Å²) < 4.78 is 14.4. The van der Waals surface area contributed by atoms with E-state index in [2.05, 4.69) is 26.1 Å². The summed E-state index contributed by atoms with van der Waals surface area (Å²) in [4.78, 5) is 2.18. The third kappa shape index (κ3) is 2.22. The van der Waals surface area contributed by atoms with Crippen LogP contribution >= 0.6 is 15.9 Å². The van der Waals surface area contributed by atoms with Crippen molar-refractivity contribution < 1.29 is 4.39 Å². The maximum absolute atomic E-state index is 13.9. The van der Waals surface area contributed by atoms with Crippen LogP contribution < -0.4 is 5.32 Å². The second-order valence-electron chi connectivity index (χ2n) is 3.84. The Labute approximate surface area is 97.6 Å². The molecule has 1 aromatic rings. The fraction of sp³-hybridized carbons (Fsp3) is 0.455. The van der Waals surface area contributed by atoms with Gasteiger partial charge in [0.05, 0.1) is 4.47 Å². The van der Waals surface area contributed by atoms with Crippen LogP contribution in [-0.4, -0.2) is 31.6 Å². The van der Waals surface area contributed by atoms with Crippen molar-refractivity contribution >= 4 is 15.9 Å². The van der Waals surface area contributed by atoms with Crippen LogP contribution in [0.4, 0.5) is 4.39 Å². The molecular formula is C11H14BrFN2. The van der Waals surface area contributed by atoms with Crippen LogP contribution in [0.2, 0.25) is 0 Å². The van der Waals surface area contributed by atoms with Crippen LogP contribution in [0.5, 0.6) is 0 Å². The van der Waals surface area contributed by atoms with Crippen LogP contribution in [-0.2, 0) is 0 Å². The smallest absolute Gasteiger partial charge is 0.142 e. The molecule has 82 valence electrons. The number of rotatable bonds is 1. The molecule has 0 saturated carbocycles. The van der Waals surface area contributed by atoms with E-state index in [1.807, 2.05) is 19.2 Å². The quantitative estimate of drug-likeness (QED) is 0.843. The van der Waals surface area contributed by atoms with Gasteiger partial charge >= 0.3 is 0 Å². The summed E-state index contributed by atoms with van der Waals surface area (Å²) in [6.45, 7) is 2.74. The third-order valence-electron chi connectivity index (χ3n) is 2.85. The minimum atomic E-state index is -0.141. The van der Waals surface area contributed by atoms with Crippen molar-refractivity contribution in [2.24, 2.45) is 0 Å². The predicted octanol–water partition coefficient (Wildman–Crippen LogP) is 2.16. The third-order valence-corrected chi connectivity index (χ3v) is 3.46. The van der Waals surface area contributed by atoms with E-state index in [4.69, 9.17) is 0 Å². The van der Waals surface area contributed by atoms with E-state index in [0.29, 0.717) is 4.47 Å². The number of nitrogens with one attached hydrogen (secondary N) is 1. The van der Waals surface area contributed by atoms with Gasteiger partial charge in [-0.3, -0.25) is 4.90 Å². The molecule has 0 aromatic heterocycles. The highest BCUT2D eigenvalue weighted by molar-refractivity contribution is 9.10. The molecule has 0 spiro atoms. The SMILES string of the molecule is CN1CCNCC1c1cccc(Br)c1F. The maximum Gasteiger partial charge on any atom is 0.142 e. The van der Waals surface area contributed by atoms with Gasteiger partial charge in [-0.1, -0.05) is 12.1 Å². The highest BCUT2D eigenvalue weighted by atomic mass is 79.9. The van der Waals surface area contributed by atoms with Crippen molar-refractivity contribution in [3.8, 4) is 0 Å². The molecule has 2 nitrogen and oxygen atoms in total. The molecule has 0 amide bonds. The summed E-state index contributed by atoms with van der Waals surface area (Å²) in [7, 11) is 2.03. The molecule has 1 aliphatic rings. The molecule has 2 rings (SSSR count). The molecule has 0 bridgehead atoms. The zero-order chi connectivity index (χ0) is 10.8. The van der Waals surface area contributed by atoms with Crippen LogP contribution in [0.3, 0.4) is 0 Å². The lowest BCUT2D eigenvalue weighted by Crippen LogP contribution is -2.44. The molecule has 0 radical (unpaired) electrons. The molecule has 1 saturated heterocycles. The molecule has 15 heavy (non-hydrogen) atoms. The van der Waals surface area contributed by atoms with Gasteiger partial charge in [-0.25, -0.2) is 4.39 Å². The van der Waals surface area contributed by atoms with Gasteiger partial charge in [0.1, 0.15) is 5.82 Å². The van der Waals surface area contributed by atoms with Crippen LogP contribution in [0.15, 0.2) is 22.7 Å². The molecule has 1 unspecified atom stereocenters. The number of likely N-dealkylation sites (N-methyl/N-ethyl adjacent to an activating group) is 1. The Balaban J connectivity index is 2.31. The zero-order valence-electron chi connectivity index (χ0n) is 8.63. The topological polar surface area (TPSA) is 15.3 Å². The van der Waals surface area contributed by atoms with Crippen LogP contribution in [0, 0.1) is 5.82 Å². The average Bonchev–Trinajstić information content (AvgIpc) is 2.23. The van der Waals surface area contributed by atoms with Gasteiger partial charge in [-0.2, -0.15) is 0 Å². The van der Waals surface area contributed by atoms with Gasteiger partial charge in [0, 0.05) is 31.2 Å². The second-order valence-corrected chi connectivity index (χ2v) is 4.70. The van der Waals surface area contributed by atoms with Crippen molar-refractivity contribution in [3.05, 3.63) is 34.1 Å². The molecular weight excluding hydrogens is 259 g/mol. The van der Waals surface area contributed by atoms with E-state index < -0.39 is 0 Å².